The average Bonchev–Trinajstić information content (AvgIpc) is 2.80. The molecule has 1 heterocycles. The van der Waals surface area contributed by atoms with Crippen LogP contribution >= 0.6 is 0 Å². The number of methoxy groups -OCH3 is 1. The molecule has 1 amide bonds. The highest BCUT2D eigenvalue weighted by Crippen LogP contribution is 2.17. The maximum absolute atomic E-state index is 11.9. The van der Waals surface area contributed by atoms with E-state index in [1.165, 1.54) is 17.9 Å². The number of rotatable bonds is 5. The predicted molar refractivity (Wildman–Crippen MR) is 75.2 cm³/mol. The number of aryl methyl sites for hydroxylation is 1. The minimum absolute atomic E-state index is 0.100. The molecule has 0 atom stereocenters. The number of nitro groups is 1. The van der Waals surface area contributed by atoms with Crippen LogP contribution in [0.5, 0.6) is 5.75 Å². The number of nitrogens with one attached hydrogen (secondary N) is 1. The van der Waals surface area contributed by atoms with Gasteiger partial charge in [-0.15, -0.1) is 0 Å². The van der Waals surface area contributed by atoms with Crippen molar-refractivity contribution in [1.29, 1.82) is 0 Å². The molecule has 8 nitrogen and oxygen atoms in total. The highest BCUT2D eigenvalue weighted by atomic mass is 16.6. The molecule has 0 fully saturated rings. The summed E-state index contributed by atoms with van der Waals surface area (Å²) in [5.74, 6) is 0.0183. The van der Waals surface area contributed by atoms with Gasteiger partial charge in [0, 0.05) is 11.8 Å². The first-order valence-electron chi connectivity index (χ1n) is 6.12. The summed E-state index contributed by atoms with van der Waals surface area (Å²) in [6, 6.07) is 8.23. The summed E-state index contributed by atoms with van der Waals surface area (Å²) >= 11 is 0. The molecule has 21 heavy (non-hydrogen) atoms. The summed E-state index contributed by atoms with van der Waals surface area (Å²) in [4.78, 5) is 22.0. The van der Waals surface area contributed by atoms with Gasteiger partial charge < -0.3 is 20.2 Å². The van der Waals surface area contributed by atoms with Gasteiger partial charge in [0.1, 0.15) is 12.3 Å². The molecule has 1 aromatic heterocycles. The molecule has 8 heteroatoms. The molecule has 0 aliphatic rings. The zero-order valence-electron chi connectivity index (χ0n) is 11.6. The van der Waals surface area contributed by atoms with Gasteiger partial charge in [0.15, 0.2) is 0 Å². The lowest BCUT2D eigenvalue weighted by Gasteiger charge is -2.06. The molecule has 1 aromatic carbocycles. The topological polar surface area (TPSA) is 99.3 Å². The lowest BCUT2D eigenvalue weighted by Crippen LogP contribution is -2.20. The van der Waals surface area contributed by atoms with E-state index in [-0.39, 0.29) is 18.3 Å². The second-order valence-corrected chi connectivity index (χ2v) is 4.34. The van der Waals surface area contributed by atoms with E-state index >= 15 is 0 Å². The number of benzene rings is 1. The van der Waals surface area contributed by atoms with Crippen molar-refractivity contribution in [2.45, 2.75) is 13.5 Å². The number of ether oxygens (including phenoxy) is 1. The SMILES string of the molecule is COc1cccc(NC(=O)Cn2nc([N+](=O)[O-])cc2C)c1. The molecule has 1 N–H and O–H groups in total. The normalized spacial score (nSPS) is 10.2. The van der Waals surface area contributed by atoms with Gasteiger partial charge in [-0.1, -0.05) is 6.07 Å². The monoisotopic (exact) mass is 290 g/mol. The van der Waals surface area contributed by atoms with Crippen molar-refractivity contribution in [3.05, 3.63) is 46.1 Å². The molecular formula is C13H14N4O4. The molecular weight excluding hydrogens is 276 g/mol. The second-order valence-electron chi connectivity index (χ2n) is 4.34. The van der Waals surface area contributed by atoms with Crippen LogP contribution in [0.2, 0.25) is 0 Å². The van der Waals surface area contributed by atoms with Gasteiger partial charge in [-0.05, 0) is 24.0 Å². The number of aromatic nitrogens is 2. The van der Waals surface area contributed by atoms with Crippen LogP contribution < -0.4 is 10.1 Å². The smallest absolute Gasteiger partial charge is 0.390 e. The third-order valence-corrected chi connectivity index (χ3v) is 2.80. The molecule has 0 unspecified atom stereocenters. The van der Waals surface area contributed by atoms with Crippen molar-refractivity contribution in [3.63, 3.8) is 0 Å². The van der Waals surface area contributed by atoms with Crippen LogP contribution in [0.3, 0.4) is 0 Å². The molecule has 0 aliphatic carbocycles. The highest BCUT2D eigenvalue weighted by molar-refractivity contribution is 5.90. The molecule has 0 bridgehead atoms. The molecule has 2 rings (SSSR count). The van der Waals surface area contributed by atoms with Gasteiger partial charge in [-0.2, -0.15) is 4.68 Å². The lowest BCUT2D eigenvalue weighted by atomic mass is 10.3. The van der Waals surface area contributed by atoms with Gasteiger partial charge in [0.2, 0.25) is 5.91 Å². The van der Waals surface area contributed by atoms with Crippen molar-refractivity contribution >= 4 is 17.4 Å². The number of carbonyl (C=O) groups is 1. The van der Waals surface area contributed by atoms with E-state index in [2.05, 4.69) is 10.4 Å². The summed E-state index contributed by atoms with van der Waals surface area (Å²) in [5.41, 5.74) is 1.13. The van der Waals surface area contributed by atoms with Crippen molar-refractivity contribution in [1.82, 2.24) is 9.78 Å². The largest absolute Gasteiger partial charge is 0.497 e. The number of hydrogen-bond acceptors (Lipinski definition) is 5. The maximum atomic E-state index is 11.9. The van der Waals surface area contributed by atoms with E-state index in [4.69, 9.17) is 4.74 Å². The van der Waals surface area contributed by atoms with Crippen LogP contribution in [0.4, 0.5) is 11.5 Å². The maximum Gasteiger partial charge on any atom is 0.390 e. The number of anilines is 1. The zero-order valence-corrected chi connectivity index (χ0v) is 11.6. The first kappa shape index (κ1) is 14.5. The Morgan fingerprint density at radius 1 is 1.48 bits per heavy atom. The van der Waals surface area contributed by atoms with E-state index in [9.17, 15) is 14.9 Å². The van der Waals surface area contributed by atoms with Crippen LogP contribution in [0.15, 0.2) is 30.3 Å². The minimum atomic E-state index is -0.594. The molecule has 0 radical (unpaired) electrons. The molecule has 0 spiro atoms. The van der Waals surface area contributed by atoms with Gasteiger partial charge in [0.05, 0.1) is 24.0 Å². The molecule has 0 aliphatic heterocycles. The van der Waals surface area contributed by atoms with Crippen LogP contribution in [0.1, 0.15) is 5.69 Å². The minimum Gasteiger partial charge on any atom is -0.497 e. The van der Waals surface area contributed by atoms with Crippen molar-refractivity contribution in [3.8, 4) is 5.75 Å². The molecule has 0 saturated heterocycles. The summed E-state index contributed by atoms with van der Waals surface area (Å²) < 4.78 is 6.35. The van der Waals surface area contributed by atoms with E-state index in [1.54, 1.807) is 31.2 Å². The van der Waals surface area contributed by atoms with Crippen molar-refractivity contribution in [2.75, 3.05) is 12.4 Å². The van der Waals surface area contributed by atoms with Crippen LogP contribution in [0, 0.1) is 17.0 Å². The molecule has 2 aromatic rings. The third-order valence-electron chi connectivity index (χ3n) is 2.80. The van der Waals surface area contributed by atoms with Gasteiger partial charge >= 0.3 is 5.82 Å². The Labute approximate surface area is 120 Å². The Morgan fingerprint density at radius 3 is 2.86 bits per heavy atom. The number of nitrogens with zero attached hydrogens (tertiary/aromatic N) is 3. The second kappa shape index (κ2) is 6.04. The van der Waals surface area contributed by atoms with Gasteiger partial charge in [-0.3, -0.25) is 4.79 Å². The zero-order chi connectivity index (χ0) is 15.4. The Bertz CT molecular complexity index is 681. The highest BCUT2D eigenvalue weighted by Gasteiger charge is 2.17. The summed E-state index contributed by atoms with van der Waals surface area (Å²) in [6.45, 7) is 1.55. The van der Waals surface area contributed by atoms with Crippen LogP contribution in [-0.2, 0) is 11.3 Å². The molecule has 0 saturated carbocycles. The number of amides is 1. The van der Waals surface area contributed by atoms with E-state index in [1.807, 2.05) is 0 Å². The first-order valence-corrected chi connectivity index (χ1v) is 6.12. The lowest BCUT2D eigenvalue weighted by molar-refractivity contribution is -0.389. The van der Waals surface area contributed by atoms with E-state index in [0.717, 1.165) is 0 Å². The van der Waals surface area contributed by atoms with Crippen molar-refractivity contribution < 1.29 is 14.5 Å². The summed E-state index contributed by atoms with van der Waals surface area (Å²) in [5, 5.41) is 17.1. The fourth-order valence-electron chi connectivity index (χ4n) is 1.78. The van der Waals surface area contributed by atoms with Gasteiger partial charge in [-0.25, -0.2) is 0 Å². The Hall–Kier alpha value is -2.90. The van der Waals surface area contributed by atoms with Crippen molar-refractivity contribution in [2.24, 2.45) is 0 Å². The van der Waals surface area contributed by atoms with E-state index < -0.39 is 4.92 Å². The predicted octanol–water partition coefficient (Wildman–Crippen LogP) is 1.75. The van der Waals surface area contributed by atoms with Gasteiger partial charge in [0.25, 0.3) is 0 Å². The molecule has 110 valence electrons. The third kappa shape index (κ3) is 3.56. The Morgan fingerprint density at radius 2 is 2.24 bits per heavy atom. The van der Waals surface area contributed by atoms with E-state index in [0.29, 0.717) is 17.1 Å². The number of hydrogen-bond donors (Lipinski definition) is 1. The quantitative estimate of drug-likeness (QED) is 0.668. The van der Waals surface area contributed by atoms with Crippen LogP contribution in [0.25, 0.3) is 0 Å². The Balaban J connectivity index is 2.06. The summed E-state index contributed by atoms with van der Waals surface area (Å²) in [7, 11) is 1.53. The fraction of sp³-hybridized carbons (Fsp3) is 0.231. The Kier molecular flexibility index (Phi) is 4.17. The standard InChI is InChI=1S/C13H14N4O4/c1-9-6-12(17(19)20)15-16(9)8-13(18)14-10-4-3-5-11(7-10)21-2/h3-7H,8H2,1-2H3,(H,14,18). The number of carbonyl (C=O) groups excluding carboxylic acids is 1. The summed E-state index contributed by atoms with van der Waals surface area (Å²) in [6.07, 6.45) is 0. The average molecular weight is 290 g/mol. The first-order chi connectivity index (χ1) is 9.99. The van der Waals surface area contributed by atoms with Crippen LogP contribution in [-0.4, -0.2) is 27.7 Å². The fourth-order valence-corrected chi connectivity index (χ4v) is 1.78.